The number of carbonyl (C=O) groups excluding carboxylic acids is 1. The molecule has 1 rings (SSSR count). The zero-order valence-electron chi connectivity index (χ0n) is 9.53. The molecule has 0 saturated carbocycles. The van der Waals surface area contributed by atoms with E-state index in [0.29, 0.717) is 18.8 Å². The zero-order chi connectivity index (χ0) is 12.7. The van der Waals surface area contributed by atoms with Crippen LogP contribution in [0.4, 0.5) is 14.9 Å². The van der Waals surface area contributed by atoms with E-state index in [4.69, 9.17) is 0 Å². The second-order valence-corrected chi connectivity index (χ2v) is 3.42. The molecule has 90 valence electrons. The molecule has 0 heterocycles. The van der Waals surface area contributed by atoms with Crippen molar-refractivity contribution in [2.24, 2.45) is 0 Å². The molecular weight excluding hydrogens is 219 g/mol. The lowest BCUT2D eigenvalue weighted by molar-refractivity contribution is 0.222. The summed E-state index contributed by atoms with van der Waals surface area (Å²) in [5.74, 6) is -0.336. The molecule has 0 atom stereocenters. The minimum atomic E-state index is -0.336. The maximum Gasteiger partial charge on any atom is 0.322 e. The Morgan fingerprint density at radius 3 is 2.24 bits per heavy atom. The summed E-state index contributed by atoms with van der Waals surface area (Å²) >= 11 is 0. The average molecular weight is 234 g/mol. The molecule has 0 fully saturated rings. The van der Waals surface area contributed by atoms with E-state index in [9.17, 15) is 9.18 Å². The number of urea groups is 1. The fraction of sp³-hybridized carbons (Fsp3) is 0.154. The maximum atomic E-state index is 12.7. The minimum absolute atomic E-state index is 0.267. The Morgan fingerprint density at radius 1 is 1.24 bits per heavy atom. The highest BCUT2D eigenvalue weighted by molar-refractivity contribution is 5.89. The van der Waals surface area contributed by atoms with Gasteiger partial charge in [-0.2, -0.15) is 0 Å². The molecule has 1 N–H and O–H groups in total. The van der Waals surface area contributed by atoms with Crippen molar-refractivity contribution in [3.8, 4) is 0 Å². The first-order valence-corrected chi connectivity index (χ1v) is 5.20. The molecule has 0 aliphatic rings. The maximum absolute atomic E-state index is 12.7. The van der Waals surface area contributed by atoms with Gasteiger partial charge in [-0.15, -0.1) is 13.2 Å². The van der Waals surface area contributed by atoms with Gasteiger partial charge in [0.15, 0.2) is 0 Å². The molecule has 4 heteroatoms. The van der Waals surface area contributed by atoms with Gasteiger partial charge >= 0.3 is 6.03 Å². The van der Waals surface area contributed by atoms with Crippen LogP contribution in [0.5, 0.6) is 0 Å². The topological polar surface area (TPSA) is 32.3 Å². The van der Waals surface area contributed by atoms with Gasteiger partial charge in [0.1, 0.15) is 5.82 Å². The van der Waals surface area contributed by atoms with Gasteiger partial charge in [0.05, 0.1) is 0 Å². The summed E-state index contributed by atoms with van der Waals surface area (Å²) in [7, 11) is 0. The highest BCUT2D eigenvalue weighted by Gasteiger charge is 2.10. The number of amides is 2. The SMILES string of the molecule is C=CCN(CC=C)C(=O)Nc1ccc(F)cc1. The van der Waals surface area contributed by atoms with E-state index in [0.717, 1.165) is 0 Å². The van der Waals surface area contributed by atoms with Crippen molar-refractivity contribution in [2.45, 2.75) is 0 Å². The van der Waals surface area contributed by atoms with E-state index >= 15 is 0 Å². The van der Waals surface area contributed by atoms with Crippen LogP contribution in [-0.4, -0.2) is 24.0 Å². The van der Waals surface area contributed by atoms with E-state index in [1.807, 2.05) is 0 Å². The Balaban J connectivity index is 2.65. The van der Waals surface area contributed by atoms with E-state index in [2.05, 4.69) is 18.5 Å². The van der Waals surface area contributed by atoms with Crippen LogP contribution in [0.2, 0.25) is 0 Å². The molecule has 1 aromatic rings. The lowest BCUT2D eigenvalue weighted by atomic mass is 10.3. The van der Waals surface area contributed by atoms with Gasteiger partial charge < -0.3 is 10.2 Å². The number of hydrogen-bond donors (Lipinski definition) is 1. The lowest BCUT2D eigenvalue weighted by Crippen LogP contribution is -2.35. The average Bonchev–Trinajstić information content (AvgIpc) is 2.32. The predicted molar refractivity (Wildman–Crippen MR) is 67.4 cm³/mol. The van der Waals surface area contributed by atoms with Crippen molar-refractivity contribution in [3.05, 3.63) is 55.4 Å². The van der Waals surface area contributed by atoms with Crippen LogP contribution in [0, 0.1) is 5.82 Å². The number of nitrogens with one attached hydrogen (secondary N) is 1. The number of hydrogen-bond acceptors (Lipinski definition) is 1. The Hall–Kier alpha value is -2.10. The smallest absolute Gasteiger partial charge is 0.317 e. The van der Waals surface area contributed by atoms with Crippen LogP contribution in [0.3, 0.4) is 0 Å². The molecule has 0 saturated heterocycles. The van der Waals surface area contributed by atoms with Crippen LogP contribution in [0.15, 0.2) is 49.6 Å². The van der Waals surface area contributed by atoms with Crippen molar-refractivity contribution < 1.29 is 9.18 Å². The van der Waals surface area contributed by atoms with Crippen LogP contribution < -0.4 is 5.32 Å². The summed E-state index contributed by atoms with van der Waals surface area (Å²) in [5, 5.41) is 2.66. The highest BCUT2D eigenvalue weighted by atomic mass is 19.1. The largest absolute Gasteiger partial charge is 0.322 e. The second kappa shape index (κ2) is 6.48. The third-order valence-corrected chi connectivity index (χ3v) is 2.08. The first kappa shape index (κ1) is 13.0. The number of halogens is 1. The summed E-state index contributed by atoms with van der Waals surface area (Å²) in [6, 6.07) is 5.33. The van der Waals surface area contributed by atoms with E-state index in [1.54, 1.807) is 12.2 Å². The molecule has 0 radical (unpaired) electrons. The van der Waals surface area contributed by atoms with Gasteiger partial charge in [-0.3, -0.25) is 0 Å². The quantitative estimate of drug-likeness (QED) is 0.780. The zero-order valence-corrected chi connectivity index (χ0v) is 9.53. The molecule has 2 amide bonds. The van der Waals surface area contributed by atoms with Crippen LogP contribution in [0.1, 0.15) is 0 Å². The van der Waals surface area contributed by atoms with E-state index in [1.165, 1.54) is 29.2 Å². The summed E-state index contributed by atoms with van der Waals surface area (Å²) in [5.41, 5.74) is 0.550. The Bertz CT molecular complexity index is 390. The molecule has 0 aliphatic heterocycles. The molecule has 0 aliphatic carbocycles. The van der Waals surface area contributed by atoms with Crippen molar-refractivity contribution in [1.29, 1.82) is 0 Å². The molecule has 0 unspecified atom stereocenters. The predicted octanol–water partition coefficient (Wildman–Crippen LogP) is 3.03. The normalized spacial score (nSPS) is 9.47. The van der Waals surface area contributed by atoms with Gasteiger partial charge in [-0.25, -0.2) is 9.18 Å². The molecule has 17 heavy (non-hydrogen) atoms. The van der Waals surface area contributed by atoms with E-state index < -0.39 is 0 Å². The minimum Gasteiger partial charge on any atom is -0.317 e. The molecule has 0 bridgehead atoms. The third-order valence-electron chi connectivity index (χ3n) is 2.08. The van der Waals surface area contributed by atoms with Gasteiger partial charge in [0.25, 0.3) is 0 Å². The number of anilines is 1. The summed E-state index contributed by atoms with van der Waals surface area (Å²) in [4.78, 5) is 13.3. The van der Waals surface area contributed by atoms with Gasteiger partial charge in [0.2, 0.25) is 0 Å². The van der Waals surface area contributed by atoms with Crippen LogP contribution >= 0.6 is 0 Å². The summed E-state index contributed by atoms with van der Waals surface area (Å²) < 4.78 is 12.7. The summed E-state index contributed by atoms with van der Waals surface area (Å²) in [6.45, 7) is 8.02. The van der Waals surface area contributed by atoms with Gasteiger partial charge in [0, 0.05) is 18.8 Å². The lowest BCUT2D eigenvalue weighted by Gasteiger charge is -2.19. The van der Waals surface area contributed by atoms with Gasteiger partial charge in [-0.1, -0.05) is 12.2 Å². The van der Waals surface area contributed by atoms with E-state index in [-0.39, 0.29) is 11.8 Å². The third kappa shape index (κ3) is 4.10. The highest BCUT2D eigenvalue weighted by Crippen LogP contribution is 2.09. The first-order valence-electron chi connectivity index (χ1n) is 5.20. The van der Waals surface area contributed by atoms with Crippen molar-refractivity contribution in [1.82, 2.24) is 4.90 Å². The second-order valence-electron chi connectivity index (χ2n) is 3.42. The van der Waals surface area contributed by atoms with Gasteiger partial charge in [-0.05, 0) is 24.3 Å². The Morgan fingerprint density at radius 2 is 1.76 bits per heavy atom. The van der Waals surface area contributed by atoms with Crippen molar-refractivity contribution in [3.63, 3.8) is 0 Å². The standard InChI is InChI=1S/C13H15FN2O/c1-3-9-16(10-4-2)13(17)15-12-7-5-11(14)6-8-12/h3-8H,1-2,9-10H2,(H,15,17). The monoisotopic (exact) mass is 234 g/mol. The number of rotatable bonds is 5. The Labute approximate surface area is 100 Å². The molecule has 1 aromatic carbocycles. The number of carbonyl (C=O) groups is 1. The summed E-state index contributed by atoms with van der Waals surface area (Å²) in [6.07, 6.45) is 3.27. The van der Waals surface area contributed by atoms with Crippen LogP contribution in [-0.2, 0) is 0 Å². The first-order chi connectivity index (χ1) is 8.17. The van der Waals surface area contributed by atoms with Crippen molar-refractivity contribution in [2.75, 3.05) is 18.4 Å². The molecule has 0 aromatic heterocycles. The fourth-order valence-electron chi connectivity index (χ4n) is 1.29. The number of benzene rings is 1. The molecule has 0 spiro atoms. The van der Waals surface area contributed by atoms with Crippen LogP contribution in [0.25, 0.3) is 0 Å². The van der Waals surface area contributed by atoms with Crippen molar-refractivity contribution >= 4 is 11.7 Å². The number of nitrogens with zero attached hydrogens (tertiary/aromatic N) is 1. The Kier molecular flexibility index (Phi) is 4.94. The molecular formula is C13H15FN2O. The molecule has 3 nitrogen and oxygen atoms in total. The fourth-order valence-corrected chi connectivity index (χ4v) is 1.29.